The van der Waals surface area contributed by atoms with Crippen molar-refractivity contribution >= 4 is 47.1 Å². The summed E-state index contributed by atoms with van der Waals surface area (Å²) in [7, 11) is 8.17. The molecule has 43 heavy (non-hydrogen) atoms. The van der Waals surface area contributed by atoms with Gasteiger partial charge in [0, 0.05) is 60.7 Å². The van der Waals surface area contributed by atoms with Crippen molar-refractivity contribution in [1.29, 1.82) is 0 Å². The number of carbonyl (C=O) groups excluding carboxylic acids is 1. The summed E-state index contributed by atoms with van der Waals surface area (Å²) in [5.74, 6) is 3.50. The average molecular weight is 633 g/mol. The third kappa shape index (κ3) is 7.06. The second-order valence-electron chi connectivity index (χ2n) is 9.94. The molecule has 0 radical (unpaired) electrons. The fourth-order valence-corrected chi connectivity index (χ4v) is 5.49. The number of hydrogen-bond donors (Lipinski definition) is 1. The van der Waals surface area contributed by atoms with Crippen molar-refractivity contribution in [2.45, 2.75) is 6.42 Å². The number of carbonyl (C=O) groups is 1. The van der Waals surface area contributed by atoms with Crippen LogP contribution in [0.1, 0.15) is 21.7 Å². The van der Waals surface area contributed by atoms with Gasteiger partial charge in [-0.25, -0.2) is 0 Å². The fraction of sp³-hybridized carbons (Fsp3) is 0.344. The van der Waals surface area contributed by atoms with Crippen LogP contribution in [-0.4, -0.2) is 83.9 Å². The molecular weight excluding hydrogens is 593 g/mol. The average Bonchev–Trinajstić information content (AvgIpc) is 3.37. The molecule has 1 aromatic heterocycles. The van der Waals surface area contributed by atoms with Gasteiger partial charge in [0.15, 0.2) is 17.3 Å². The van der Waals surface area contributed by atoms with Gasteiger partial charge in [0.25, 0.3) is 0 Å². The Morgan fingerprint density at radius 1 is 0.721 bits per heavy atom. The summed E-state index contributed by atoms with van der Waals surface area (Å²) in [6.45, 7) is 3.49. The van der Waals surface area contributed by atoms with Gasteiger partial charge in [0.1, 0.15) is 17.2 Å². The Bertz CT molecular complexity index is 1540. The highest BCUT2D eigenvalue weighted by Gasteiger charge is 2.25. The summed E-state index contributed by atoms with van der Waals surface area (Å²) in [5.41, 5.74) is 3.51. The van der Waals surface area contributed by atoms with Crippen LogP contribution in [0.15, 0.2) is 54.6 Å². The van der Waals surface area contributed by atoms with E-state index in [4.69, 9.17) is 23.7 Å². The number of ether oxygens (including phenoxy) is 5. The molecule has 0 aliphatic carbocycles. The molecule has 1 aliphatic rings. The predicted octanol–water partition coefficient (Wildman–Crippen LogP) is 5.65. The molecule has 1 aliphatic heterocycles. The molecule has 1 fully saturated rings. The number of aromatic nitrogens is 1. The Balaban J connectivity index is 0.00000253. The number of piperazine rings is 1. The second-order valence-corrected chi connectivity index (χ2v) is 9.94. The highest BCUT2D eigenvalue weighted by atomic mass is 35.5. The predicted molar refractivity (Wildman–Crippen MR) is 174 cm³/mol. The quantitative estimate of drug-likeness (QED) is 0.213. The van der Waals surface area contributed by atoms with Crippen molar-refractivity contribution in [3.63, 3.8) is 0 Å². The van der Waals surface area contributed by atoms with Crippen LogP contribution in [0.25, 0.3) is 10.8 Å². The number of halogens is 2. The number of nitrogens with one attached hydrogen (secondary N) is 1. The number of H-pyrrole nitrogens is 1. The van der Waals surface area contributed by atoms with Crippen molar-refractivity contribution < 1.29 is 28.5 Å². The summed E-state index contributed by atoms with van der Waals surface area (Å²) in [4.78, 5) is 21.8. The van der Waals surface area contributed by atoms with Crippen molar-refractivity contribution in [2.24, 2.45) is 0 Å². The number of benzene rings is 3. The standard InChI is InChI=1S/C32H37N3O6.2ClH/c1-37-22-11-10-21(29(17-22)39-3)16-25-23-18-30(40-4)31(41-5)19-24(23)32(33-25)27(36)20-34-12-14-35(15-13-34)26-8-6-7-9-28(26)38-2;;/h6-11,17-19,33H,12-16,20H2,1-5H3;2*1H. The lowest BCUT2D eigenvalue weighted by Crippen LogP contribution is -2.48. The van der Waals surface area contributed by atoms with Gasteiger partial charge in [-0.3, -0.25) is 9.69 Å². The van der Waals surface area contributed by atoms with Crippen LogP contribution in [-0.2, 0) is 6.42 Å². The Hall–Kier alpha value is -3.79. The van der Waals surface area contributed by atoms with E-state index < -0.39 is 0 Å². The molecular formula is C32H39Cl2N3O6. The molecule has 1 N–H and O–H groups in total. The first-order valence-corrected chi connectivity index (χ1v) is 13.6. The van der Waals surface area contributed by atoms with E-state index in [0.717, 1.165) is 65.4 Å². The van der Waals surface area contributed by atoms with Crippen molar-refractivity contribution in [2.75, 3.05) is 73.2 Å². The lowest BCUT2D eigenvalue weighted by atomic mass is 10.0. The first-order chi connectivity index (χ1) is 20.0. The van der Waals surface area contributed by atoms with Gasteiger partial charge in [0.05, 0.1) is 53.5 Å². The van der Waals surface area contributed by atoms with Crippen molar-refractivity contribution in [1.82, 2.24) is 9.88 Å². The van der Waals surface area contributed by atoms with E-state index >= 15 is 0 Å². The number of hydrogen-bond acceptors (Lipinski definition) is 8. The summed E-state index contributed by atoms with van der Waals surface area (Å²) >= 11 is 0. The van der Waals surface area contributed by atoms with Crippen LogP contribution in [0, 0.1) is 0 Å². The third-order valence-electron chi connectivity index (χ3n) is 7.70. The molecule has 0 spiro atoms. The Kier molecular flexibility index (Phi) is 11.8. The molecule has 0 bridgehead atoms. The molecule has 0 atom stereocenters. The molecule has 5 rings (SSSR count). The molecule has 0 amide bonds. The molecule has 9 nitrogen and oxygen atoms in total. The lowest BCUT2D eigenvalue weighted by Gasteiger charge is -2.36. The zero-order valence-corrected chi connectivity index (χ0v) is 26.7. The topological polar surface area (TPSA) is 85.5 Å². The van der Waals surface area contributed by atoms with Crippen LogP contribution in [0.2, 0.25) is 0 Å². The Labute approximate surface area is 264 Å². The van der Waals surface area contributed by atoms with Gasteiger partial charge in [-0.1, -0.05) is 18.2 Å². The molecule has 0 unspecified atom stereocenters. The highest BCUT2D eigenvalue weighted by Crippen LogP contribution is 2.37. The minimum absolute atomic E-state index is 0. The van der Waals surface area contributed by atoms with E-state index in [-0.39, 0.29) is 30.6 Å². The second kappa shape index (κ2) is 15.1. The number of para-hydroxylation sites is 2. The van der Waals surface area contributed by atoms with Crippen LogP contribution < -0.4 is 28.6 Å². The first kappa shape index (κ1) is 33.7. The zero-order chi connectivity index (χ0) is 28.9. The number of aromatic amines is 1. The first-order valence-electron chi connectivity index (χ1n) is 13.6. The fourth-order valence-electron chi connectivity index (χ4n) is 5.49. The SMILES string of the molecule is COc1ccc(Cc2[nH]c(C(=O)CN3CCN(c4ccccc4OC)CC3)c3cc(OC)c(OC)cc23)c(OC)c1.Cl.Cl. The number of fused-ring (bicyclic) bond motifs is 1. The summed E-state index contributed by atoms with van der Waals surface area (Å²) in [5, 5.41) is 1.72. The van der Waals surface area contributed by atoms with E-state index in [1.165, 1.54) is 0 Å². The smallest absolute Gasteiger partial charge is 0.193 e. The van der Waals surface area contributed by atoms with E-state index in [0.29, 0.717) is 35.9 Å². The van der Waals surface area contributed by atoms with E-state index in [1.54, 1.807) is 35.5 Å². The number of Topliss-reactive ketones (excluding diaryl/α,β-unsaturated/α-hetero) is 1. The molecule has 4 aromatic rings. The Morgan fingerprint density at radius 2 is 1.35 bits per heavy atom. The molecule has 3 aromatic carbocycles. The third-order valence-corrected chi connectivity index (χ3v) is 7.70. The van der Waals surface area contributed by atoms with Crippen LogP contribution in [0.3, 0.4) is 0 Å². The van der Waals surface area contributed by atoms with Crippen LogP contribution in [0.4, 0.5) is 5.69 Å². The maximum Gasteiger partial charge on any atom is 0.193 e. The molecule has 1 saturated heterocycles. The summed E-state index contributed by atoms with van der Waals surface area (Å²) < 4.78 is 27.7. The Morgan fingerprint density at radius 3 is 1.98 bits per heavy atom. The largest absolute Gasteiger partial charge is 0.497 e. The van der Waals surface area contributed by atoms with Crippen LogP contribution in [0.5, 0.6) is 28.7 Å². The van der Waals surface area contributed by atoms with Crippen molar-refractivity contribution in [3.05, 3.63) is 71.5 Å². The maximum atomic E-state index is 13.8. The molecule has 232 valence electrons. The normalized spacial score (nSPS) is 13.1. The van der Waals surface area contributed by atoms with E-state index in [2.05, 4.69) is 20.9 Å². The van der Waals surface area contributed by atoms with Gasteiger partial charge in [-0.05, 0) is 30.3 Å². The maximum absolute atomic E-state index is 13.8. The van der Waals surface area contributed by atoms with Gasteiger partial charge in [-0.2, -0.15) is 0 Å². The summed E-state index contributed by atoms with van der Waals surface area (Å²) in [6.07, 6.45) is 0.532. The highest BCUT2D eigenvalue weighted by molar-refractivity contribution is 6.09. The minimum Gasteiger partial charge on any atom is -0.497 e. The number of rotatable bonds is 11. The monoisotopic (exact) mass is 631 g/mol. The number of ketones is 1. The van der Waals surface area contributed by atoms with E-state index in [9.17, 15) is 4.79 Å². The minimum atomic E-state index is 0. The van der Waals surface area contributed by atoms with Crippen LogP contribution >= 0.6 is 24.8 Å². The molecule has 0 saturated carbocycles. The van der Waals surface area contributed by atoms with Gasteiger partial charge >= 0.3 is 0 Å². The zero-order valence-electron chi connectivity index (χ0n) is 25.1. The molecule has 11 heteroatoms. The van der Waals surface area contributed by atoms with Gasteiger partial charge in [0.2, 0.25) is 0 Å². The number of methoxy groups -OCH3 is 5. The molecule has 2 heterocycles. The van der Waals surface area contributed by atoms with Crippen molar-refractivity contribution in [3.8, 4) is 28.7 Å². The lowest BCUT2D eigenvalue weighted by molar-refractivity contribution is 0.0923. The number of nitrogens with zero attached hydrogens (tertiary/aromatic N) is 2. The summed E-state index contributed by atoms with van der Waals surface area (Å²) in [6, 6.07) is 17.6. The van der Waals surface area contributed by atoms with Gasteiger partial charge in [-0.15, -0.1) is 24.8 Å². The van der Waals surface area contributed by atoms with Gasteiger partial charge < -0.3 is 33.6 Å². The van der Waals surface area contributed by atoms with E-state index in [1.807, 2.05) is 48.5 Å². The number of anilines is 1.